The molecule has 1 amide bonds. The zero-order valence-electron chi connectivity index (χ0n) is 12.0. The molecule has 0 fully saturated rings. The normalized spacial score (nSPS) is 10.3. The lowest BCUT2D eigenvalue weighted by atomic mass is 10.1. The van der Waals surface area contributed by atoms with Gasteiger partial charge >= 0.3 is 0 Å². The first-order valence-corrected chi connectivity index (χ1v) is 7.68. The van der Waals surface area contributed by atoms with E-state index in [1.165, 1.54) is 19.1 Å². The Morgan fingerprint density at radius 1 is 1.04 bits per heavy atom. The van der Waals surface area contributed by atoms with Gasteiger partial charge in [0, 0.05) is 10.6 Å². The molecule has 0 heterocycles. The SMILES string of the molecule is CC(=O)c1ccc(OCC(=O)Nc2c(Cl)cc(Cl)cc2Cl)cc1. The molecule has 7 heteroatoms. The van der Waals surface area contributed by atoms with Crippen molar-refractivity contribution >= 4 is 52.2 Å². The molecule has 2 aromatic carbocycles. The third-order valence-corrected chi connectivity index (χ3v) is 3.72. The second-order valence-corrected chi connectivity index (χ2v) is 5.91. The van der Waals surface area contributed by atoms with Gasteiger partial charge in [-0.05, 0) is 43.3 Å². The fourth-order valence-electron chi connectivity index (χ4n) is 1.77. The maximum absolute atomic E-state index is 11.9. The van der Waals surface area contributed by atoms with Crippen LogP contribution in [0.15, 0.2) is 36.4 Å². The standard InChI is InChI=1S/C16H12Cl3NO3/c1-9(21)10-2-4-12(5-3-10)23-8-15(22)20-16-13(18)6-11(17)7-14(16)19/h2-7H,8H2,1H3,(H,20,22). The number of nitrogens with one attached hydrogen (secondary N) is 1. The van der Waals surface area contributed by atoms with Crippen LogP contribution >= 0.6 is 34.8 Å². The van der Waals surface area contributed by atoms with Gasteiger partial charge in [0.15, 0.2) is 12.4 Å². The molecule has 120 valence electrons. The molecule has 0 atom stereocenters. The molecule has 0 spiro atoms. The lowest BCUT2D eigenvalue weighted by Gasteiger charge is -2.11. The Labute approximate surface area is 148 Å². The molecule has 0 aliphatic rings. The van der Waals surface area contributed by atoms with Gasteiger partial charge in [-0.1, -0.05) is 34.8 Å². The van der Waals surface area contributed by atoms with Crippen LogP contribution in [0.2, 0.25) is 15.1 Å². The van der Waals surface area contributed by atoms with Crippen molar-refractivity contribution in [3.63, 3.8) is 0 Å². The van der Waals surface area contributed by atoms with E-state index in [1.807, 2.05) is 0 Å². The van der Waals surface area contributed by atoms with Crippen molar-refractivity contribution in [2.24, 2.45) is 0 Å². The summed E-state index contributed by atoms with van der Waals surface area (Å²) in [6, 6.07) is 9.45. The second kappa shape index (κ2) is 7.68. The number of carbonyl (C=O) groups is 2. The van der Waals surface area contributed by atoms with Crippen LogP contribution in [-0.4, -0.2) is 18.3 Å². The number of carbonyl (C=O) groups excluding carboxylic acids is 2. The minimum absolute atomic E-state index is 0.0404. The van der Waals surface area contributed by atoms with Crippen molar-refractivity contribution in [3.05, 3.63) is 57.0 Å². The number of ketones is 1. The molecule has 23 heavy (non-hydrogen) atoms. The Bertz CT molecular complexity index is 722. The first kappa shape index (κ1) is 17.6. The zero-order valence-corrected chi connectivity index (χ0v) is 14.3. The van der Waals surface area contributed by atoms with Gasteiger partial charge in [-0.2, -0.15) is 0 Å². The van der Waals surface area contributed by atoms with Crippen LogP contribution in [0, 0.1) is 0 Å². The van der Waals surface area contributed by atoms with E-state index in [2.05, 4.69) is 5.32 Å². The minimum Gasteiger partial charge on any atom is -0.484 e. The number of ether oxygens (including phenoxy) is 1. The maximum Gasteiger partial charge on any atom is 0.262 e. The monoisotopic (exact) mass is 371 g/mol. The van der Waals surface area contributed by atoms with Crippen molar-refractivity contribution in [3.8, 4) is 5.75 Å². The molecule has 0 aliphatic heterocycles. The largest absolute Gasteiger partial charge is 0.484 e. The number of Topliss-reactive ketones (excluding diaryl/α,β-unsaturated/α-hetero) is 1. The molecular formula is C16H12Cl3NO3. The smallest absolute Gasteiger partial charge is 0.262 e. The van der Waals surface area contributed by atoms with Gasteiger partial charge in [0.2, 0.25) is 0 Å². The molecule has 2 rings (SSSR count). The Kier molecular flexibility index (Phi) is 5.88. The van der Waals surface area contributed by atoms with E-state index >= 15 is 0 Å². The van der Waals surface area contributed by atoms with Crippen LogP contribution in [0.25, 0.3) is 0 Å². The van der Waals surface area contributed by atoms with Crippen LogP contribution in [-0.2, 0) is 4.79 Å². The number of anilines is 1. The van der Waals surface area contributed by atoms with Gasteiger partial charge in [-0.3, -0.25) is 9.59 Å². The van der Waals surface area contributed by atoms with Crippen LogP contribution in [0.3, 0.4) is 0 Å². The number of amides is 1. The van der Waals surface area contributed by atoms with Crippen molar-refractivity contribution in [1.29, 1.82) is 0 Å². The molecule has 1 N–H and O–H groups in total. The number of halogens is 3. The maximum atomic E-state index is 11.9. The molecule has 2 aromatic rings. The third kappa shape index (κ3) is 4.86. The highest BCUT2D eigenvalue weighted by atomic mass is 35.5. The van der Waals surface area contributed by atoms with Crippen LogP contribution in [0.4, 0.5) is 5.69 Å². The van der Waals surface area contributed by atoms with Crippen molar-refractivity contribution in [2.75, 3.05) is 11.9 Å². The first-order valence-electron chi connectivity index (χ1n) is 6.55. The lowest BCUT2D eigenvalue weighted by molar-refractivity contribution is -0.118. The Balaban J connectivity index is 1.96. The molecule has 0 aromatic heterocycles. The molecule has 0 radical (unpaired) electrons. The topological polar surface area (TPSA) is 55.4 Å². The summed E-state index contributed by atoms with van der Waals surface area (Å²) in [7, 11) is 0. The van der Waals surface area contributed by atoms with Gasteiger partial charge in [0.25, 0.3) is 5.91 Å². The number of hydrogen-bond donors (Lipinski definition) is 1. The molecule has 0 unspecified atom stereocenters. The molecular weight excluding hydrogens is 361 g/mol. The molecule has 0 saturated heterocycles. The second-order valence-electron chi connectivity index (χ2n) is 4.66. The van der Waals surface area contributed by atoms with Crippen molar-refractivity contribution in [1.82, 2.24) is 0 Å². The molecule has 4 nitrogen and oxygen atoms in total. The van der Waals surface area contributed by atoms with Gasteiger partial charge in [-0.15, -0.1) is 0 Å². The van der Waals surface area contributed by atoms with E-state index in [9.17, 15) is 9.59 Å². The van der Waals surface area contributed by atoms with Crippen LogP contribution < -0.4 is 10.1 Å². The first-order chi connectivity index (χ1) is 10.9. The number of benzene rings is 2. The zero-order chi connectivity index (χ0) is 17.0. The highest BCUT2D eigenvalue weighted by Gasteiger charge is 2.12. The number of rotatable bonds is 5. The van der Waals surface area contributed by atoms with Gasteiger partial charge in [0.1, 0.15) is 5.75 Å². The average Bonchev–Trinajstić information content (AvgIpc) is 2.49. The minimum atomic E-state index is -0.424. The quantitative estimate of drug-likeness (QED) is 0.762. The summed E-state index contributed by atoms with van der Waals surface area (Å²) in [6.07, 6.45) is 0. The van der Waals surface area contributed by atoms with E-state index in [0.717, 1.165) is 0 Å². The average molecular weight is 373 g/mol. The lowest BCUT2D eigenvalue weighted by Crippen LogP contribution is -2.20. The fraction of sp³-hybridized carbons (Fsp3) is 0.125. The summed E-state index contributed by atoms with van der Waals surface area (Å²) in [5.41, 5.74) is 0.847. The van der Waals surface area contributed by atoms with Gasteiger partial charge in [-0.25, -0.2) is 0 Å². The summed E-state index contributed by atoms with van der Waals surface area (Å²) in [5, 5.41) is 3.42. The summed E-state index contributed by atoms with van der Waals surface area (Å²) < 4.78 is 5.34. The number of hydrogen-bond acceptors (Lipinski definition) is 3. The van der Waals surface area contributed by atoms with E-state index < -0.39 is 5.91 Å². The predicted molar refractivity (Wildman–Crippen MR) is 92.0 cm³/mol. The molecule has 0 aliphatic carbocycles. The highest BCUT2D eigenvalue weighted by Crippen LogP contribution is 2.33. The van der Waals surface area contributed by atoms with Gasteiger partial charge < -0.3 is 10.1 Å². The summed E-state index contributed by atoms with van der Waals surface area (Å²) >= 11 is 17.8. The van der Waals surface area contributed by atoms with E-state index in [1.54, 1.807) is 24.3 Å². The van der Waals surface area contributed by atoms with E-state index in [-0.39, 0.29) is 28.1 Å². The molecule has 0 bridgehead atoms. The Hall–Kier alpha value is -1.75. The van der Waals surface area contributed by atoms with E-state index in [0.29, 0.717) is 16.3 Å². The summed E-state index contributed by atoms with van der Waals surface area (Å²) in [4.78, 5) is 23.1. The van der Waals surface area contributed by atoms with Crippen LogP contribution in [0.5, 0.6) is 5.75 Å². The Morgan fingerprint density at radius 2 is 1.61 bits per heavy atom. The fourth-order valence-corrected chi connectivity index (χ4v) is 2.68. The van der Waals surface area contributed by atoms with E-state index in [4.69, 9.17) is 39.5 Å². The van der Waals surface area contributed by atoms with Crippen molar-refractivity contribution in [2.45, 2.75) is 6.92 Å². The van der Waals surface area contributed by atoms with Gasteiger partial charge in [0.05, 0.1) is 15.7 Å². The summed E-state index contributed by atoms with van der Waals surface area (Å²) in [6.45, 7) is 1.25. The van der Waals surface area contributed by atoms with Crippen LogP contribution in [0.1, 0.15) is 17.3 Å². The predicted octanol–water partition coefficient (Wildman–Crippen LogP) is 4.87. The Morgan fingerprint density at radius 3 is 2.13 bits per heavy atom. The third-order valence-electron chi connectivity index (χ3n) is 2.90. The molecule has 0 saturated carbocycles. The highest BCUT2D eigenvalue weighted by molar-refractivity contribution is 6.42. The summed E-state index contributed by atoms with van der Waals surface area (Å²) in [5.74, 6) is 0.00605. The van der Waals surface area contributed by atoms with Crippen molar-refractivity contribution < 1.29 is 14.3 Å².